The molecule has 0 saturated heterocycles. The van der Waals surface area contributed by atoms with E-state index in [1.165, 1.54) is 0 Å². The van der Waals surface area contributed by atoms with Gasteiger partial charge in [0, 0.05) is 18.8 Å². The van der Waals surface area contributed by atoms with Crippen LogP contribution in [0.5, 0.6) is 0 Å². The van der Waals surface area contributed by atoms with E-state index in [-0.39, 0.29) is 18.8 Å². The van der Waals surface area contributed by atoms with E-state index in [4.69, 9.17) is 5.84 Å². The summed E-state index contributed by atoms with van der Waals surface area (Å²) in [5, 5.41) is 0. The van der Waals surface area contributed by atoms with Crippen LogP contribution in [0.4, 0.5) is 14.5 Å². The summed E-state index contributed by atoms with van der Waals surface area (Å²) in [4.78, 5) is 4.38. The van der Waals surface area contributed by atoms with Crippen molar-refractivity contribution in [1.82, 2.24) is 5.43 Å². The van der Waals surface area contributed by atoms with Gasteiger partial charge < -0.3 is 5.43 Å². The van der Waals surface area contributed by atoms with Crippen LogP contribution in [0.1, 0.15) is 25.7 Å². The molecule has 0 atom stereocenters. The molecule has 0 radical (unpaired) electrons. The molecule has 3 N–H and O–H groups in total. The maximum Gasteiger partial charge on any atom is 0.248 e. The second-order valence-corrected chi connectivity index (χ2v) is 4.61. The smallest absolute Gasteiger partial charge is 0.248 e. The van der Waals surface area contributed by atoms with Crippen LogP contribution in [-0.4, -0.2) is 11.8 Å². The van der Waals surface area contributed by atoms with E-state index < -0.39 is 5.92 Å². The molecule has 1 aromatic carbocycles. The molecule has 0 aromatic heterocycles. The molecule has 0 amide bonds. The van der Waals surface area contributed by atoms with Crippen molar-refractivity contribution < 1.29 is 8.78 Å². The summed E-state index contributed by atoms with van der Waals surface area (Å²) in [7, 11) is 0. The van der Waals surface area contributed by atoms with Crippen LogP contribution < -0.4 is 11.3 Å². The van der Waals surface area contributed by atoms with Gasteiger partial charge in [0.2, 0.25) is 5.92 Å². The normalized spacial score (nSPS) is 20.7. The molecule has 1 aliphatic carbocycles. The maximum absolute atomic E-state index is 13.1. The Balaban J connectivity index is 2.08. The minimum Gasteiger partial charge on any atom is -0.312 e. The second kappa shape index (κ2) is 5.44. The number of aliphatic imine (C=N–C) groups is 1. The summed E-state index contributed by atoms with van der Waals surface area (Å²) in [6.45, 7) is 0. The van der Waals surface area contributed by atoms with Crippen molar-refractivity contribution in [3.63, 3.8) is 0 Å². The summed E-state index contributed by atoms with van der Waals surface area (Å²) in [6.07, 6.45) is 0.659. The Labute approximate surface area is 105 Å². The Morgan fingerprint density at radius 2 is 1.83 bits per heavy atom. The van der Waals surface area contributed by atoms with E-state index in [2.05, 4.69) is 10.4 Å². The van der Waals surface area contributed by atoms with Gasteiger partial charge in [0.1, 0.15) is 5.84 Å². The van der Waals surface area contributed by atoms with Gasteiger partial charge in [-0.05, 0) is 25.0 Å². The van der Waals surface area contributed by atoms with Crippen LogP contribution in [-0.2, 0) is 0 Å². The Kier molecular flexibility index (Phi) is 3.91. The van der Waals surface area contributed by atoms with Crippen LogP contribution in [0, 0.1) is 5.92 Å². The van der Waals surface area contributed by atoms with Crippen molar-refractivity contribution in [2.45, 2.75) is 31.6 Å². The van der Waals surface area contributed by atoms with Crippen molar-refractivity contribution in [3.05, 3.63) is 30.3 Å². The number of halogens is 2. The first-order chi connectivity index (χ1) is 8.61. The van der Waals surface area contributed by atoms with Crippen molar-refractivity contribution in [2.24, 2.45) is 16.8 Å². The fourth-order valence-corrected chi connectivity index (χ4v) is 2.20. The first kappa shape index (κ1) is 13.0. The number of hydrogen-bond acceptors (Lipinski definition) is 2. The first-order valence-electron chi connectivity index (χ1n) is 6.09. The fraction of sp³-hybridized carbons (Fsp3) is 0.462. The van der Waals surface area contributed by atoms with Crippen LogP contribution in [0.2, 0.25) is 0 Å². The van der Waals surface area contributed by atoms with E-state index in [1.54, 1.807) is 0 Å². The van der Waals surface area contributed by atoms with Gasteiger partial charge in [-0.15, -0.1) is 0 Å². The molecular weight excluding hydrogens is 236 g/mol. The predicted molar refractivity (Wildman–Crippen MR) is 67.8 cm³/mol. The van der Waals surface area contributed by atoms with Crippen LogP contribution >= 0.6 is 0 Å². The zero-order valence-corrected chi connectivity index (χ0v) is 10.1. The fourth-order valence-electron chi connectivity index (χ4n) is 2.20. The quantitative estimate of drug-likeness (QED) is 0.368. The molecule has 1 saturated carbocycles. The first-order valence-corrected chi connectivity index (χ1v) is 6.09. The highest BCUT2D eigenvalue weighted by molar-refractivity contribution is 5.86. The Bertz CT molecular complexity index is 408. The Morgan fingerprint density at radius 3 is 2.39 bits per heavy atom. The highest BCUT2D eigenvalue weighted by atomic mass is 19.3. The third-order valence-electron chi connectivity index (χ3n) is 3.26. The van der Waals surface area contributed by atoms with Gasteiger partial charge in [-0.3, -0.25) is 0 Å². The number of para-hydroxylation sites is 1. The molecule has 2 rings (SSSR count). The van der Waals surface area contributed by atoms with Crippen molar-refractivity contribution in [3.8, 4) is 0 Å². The van der Waals surface area contributed by atoms with Crippen LogP contribution in [0.25, 0.3) is 0 Å². The largest absolute Gasteiger partial charge is 0.312 e. The number of benzene rings is 1. The van der Waals surface area contributed by atoms with E-state index >= 15 is 0 Å². The third kappa shape index (κ3) is 3.26. The average molecular weight is 253 g/mol. The maximum atomic E-state index is 13.1. The molecule has 18 heavy (non-hydrogen) atoms. The monoisotopic (exact) mass is 253 g/mol. The standard InChI is InChI=1S/C13H17F2N3/c14-13(15)8-6-10(7-9-13)12(18-16)17-11-4-2-1-3-5-11/h1-5,10H,6-9,16H2,(H,17,18). The minimum absolute atomic E-state index is 0.00479. The third-order valence-corrected chi connectivity index (χ3v) is 3.26. The molecule has 98 valence electrons. The summed E-state index contributed by atoms with van der Waals surface area (Å²) in [5.41, 5.74) is 3.33. The van der Waals surface area contributed by atoms with Crippen molar-refractivity contribution >= 4 is 11.5 Å². The van der Waals surface area contributed by atoms with E-state index in [0.29, 0.717) is 18.7 Å². The van der Waals surface area contributed by atoms with Crippen LogP contribution in [0.15, 0.2) is 35.3 Å². The number of amidine groups is 1. The molecule has 3 nitrogen and oxygen atoms in total. The van der Waals surface area contributed by atoms with E-state index in [9.17, 15) is 8.78 Å². The zero-order valence-electron chi connectivity index (χ0n) is 10.1. The van der Waals surface area contributed by atoms with E-state index in [1.807, 2.05) is 30.3 Å². The zero-order chi connectivity index (χ0) is 13.0. The van der Waals surface area contributed by atoms with Gasteiger partial charge in [-0.1, -0.05) is 18.2 Å². The number of rotatable bonds is 2. The van der Waals surface area contributed by atoms with E-state index in [0.717, 1.165) is 5.69 Å². The lowest BCUT2D eigenvalue weighted by atomic mass is 9.86. The highest BCUT2D eigenvalue weighted by Crippen LogP contribution is 2.36. The van der Waals surface area contributed by atoms with Crippen LogP contribution in [0.3, 0.4) is 0 Å². The Hall–Kier alpha value is -1.49. The van der Waals surface area contributed by atoms with Crippen molar-refractivity contribution in [1.29, 1.82) is 0 Å². The number of nitrogens with zero attached hydrogens (tertiary/aromatic N) is 1. The Morgan fingerprint density at radius 1 is 1.22 bits per heavy atom. The lowest BCUT2D eigenvalue weighted by molar-refractivity contribution is -0.0396. The summed E-state index contributed by atoms with van der Waals surface area (Å²) in [6, 6.07) is 9.36. The topological polar surface area (TPSA) is 50.4 Å². The van der Waals surface area contributed by atoms with Gasteiger partial charge in [-0.25, -0.2) is 19.6 Å². The predicted octanol–water partition coefficient (Wildman–Crippen LogP) is 3.01. The molecule has 5 heteroatoms. The average Bonchev–Trinajstić information content (AvgIpc) is 2.38. The number of alkyl halides is 2. The van der Waals surface area contributed by atoms with Gasteiger partial charge in [0.25, 0.3) is 0 Å². The summed E-state index contributed by atoms with van der Waals surface area (Å²) in [5.74, 6) is 3.52. The molecule has 0 unspecified atom stereocenters. The molecule has 1 aromatic rings. The van der Waals surface area contributed by atoms with Gasteiger partial charge in [0.15, 0.2) is 0 Å². The van der Waals surface area contributed by atoms with Gasteiger partial charge >= 0.3 is 0 Å². The minimum atomic E-state index is -2.52. The molecule has 0 bridgehead atoms. The number of hydrazine groups is 1. The molecule has 1 aliphatic rings. The molecule has 0 heterocycles. The molecule has 0 aliphatic heterocycles. The molecule has 1 fully saturated rings. The number of hydrogen-bond donors (Lipinski definition) is 2. The van der Waals surface area contributed by atoms with Gasteiger partial charge in [0.05, 0.1) is 5.69 Å². The lowest BCUT2D eigenvalue weighted by Gasteiger charge is -2.28. The lowest BCUT2D eigenvalue weighted by Crippen LogP contribution is -2.39. The number of nitrogens with two attached hydrogens (primary N) is 1. The van der Waals surface area contributed by atoms with Crippen molar-refractivity contribution in [2.75, 3.05) is 0 Å². The second-order valence-electron chi connectivity index (χ2n) is 4.61. The SMILES string of the molecule is NNC(=Nc1ccccc1)C1CCC(F)(F)CC1. The summed E-state index contributed by atoms with van der Waals surface area (Å²) >= 11 is 0. The summed E-state index contributed by atoms with van der Waals surface area (Å²) < 4.78 is 26.2. The molecule has 0 spiro atoms. The van der Waals surface area contributed by atoms with Gasteiger partial charge in [-0.2, -0.15) is 0 Å². The highest BCUT2D eigenvalue weighted by Gasteiger charge is 2.36. The number of nitrogens with one attached hydrogen (secondary N) is 1. The molecular formula is C13H17F2N3.